The number of rotatable bonds is 6. The molecule has 1 N–H and O–H groups in total. The first-order valence-electron chi connectivity index (χ1n) is 6.17. The van der Waals surface area contributed by atoms with E-state index >= 15 is 0 Å². The number of hydrogen-bond donors (Lipinski definition) is 1. The Hall–Kier alpha value is -0.540. The molecule has 1 aromatic rings. The molecular formula is C14H22BrNO. The van der Waals surface area contributed by atoms with Crippen LogP contribution in [0.3, 0.4) is 0 Å². The second-order valence-corrected chi connectivity index (χ2v) is 5.36. The van der Waals surface area contributed by atoms with Gasteiger partial charge in [0, 0.05) is 12.6 Å². The summed E-state index contributed by atoms with van der Waals surface area (Å²) in [5, 5.41) is 3.41. The lowest BCUT2D eigenvalue weighted by Gasteiger charge is -2.14. The van der Waals surface area contributed by atoms with Gasteiger partial charge in [-0.2, -0.15) is 0 Å². The van der Waals surface area contributed by atoms with Crippen molar-refractivity contribution in [2.24, 2.45) is 0 Å². The van der Waals surface area contributed by atoms with Gasteiger partial charge in [-0.15, -0.1) is 0 Å². The van der Waals surface area contributed by atoms with Crippen molar-refractivity contribution in [1.82, 2.24) is 5.32 Å². The lowest BCUT2D eigenvalue weighted by molar-refractivity contribution is 0.302. The van der Waals surface area contributed by atoms with Crippen LogP contribution in [0.15, 0.2) is 16.6 Å². The van der Waals surface area contributed by atoms with Crippen molar-refractivity contribution < 1.29 is 4.74 Å². The molecule has 2 nitrogen and oxygen atoms in total. The van der Waals surface area contributed by atoms with Crippen molar-refractivity contribution in [3.63, 3.8) is 0 Å². The summed E-state index contributed by atoms with van der Waals surface area (Å²) < 4.78 is 6.85. The summed E-state index contributed by atoms with van der Waals surface area (Å²) in [6.45, 7) is 10.1. The standard InChI is InChI=1S/C14H22BrNO/c1-5-12(4)16-6-7-17-14-11(3)8-10(2)9-13(14)15/h8-9,12,16H,5-7H2,1-4H3. The van der Waals surface area contributed by atoms with E-state index in [2.05, 4.69) is 61.1 Å². The minimum atomic E-state index is 0.557. The third-order valence-electron chi connectivity index (χ3n) is 2.83. The molecule has 17 heavy (non-hydrogen) atoms. The molecule has 1 rings (SSSR count). The van der Waals surface area contributed by atoms with Crippen LogP contribution in [0.25, 0.3) is 0 Å². The van der Waals surface area contributed by atoms with Crippen LogP contribution in [0, 0.1) is 13.8 Å². The summed E-state index contributed by atoms with van der Waals surface area (Å²) >= 11 is 3.55. The molecule has 1 atom stereocenters. The highest BCUT2D eigenvalue weighted by molar-refractivity contribution is 9.10. The molecule has 0 bridgehead atoms. The summed E-state index contributed by atoms with van der Waals surface area (Å²) in [5.74, 6) is 0.960. The fraction of sp³-hybridized carbons (Fsp3) is 0.571. The Bertz CT molecular complexity index is 342. The van der Waals surface area contributed by atoms with E-state index in [-0.39, 0.29) is 0 Å². The van der Waals surface area contributed by atoms with E-state index in [0.29, 0.717) is 12.6 Å². The molecule has 0 amide bonds. The fourth-order valence-electron chi connectivity index (χ4n) is 1.69. The Morgan fingerprint density at radius 2 is 2.06 bits per heavy atom. The molecule has 0 aliphatic heterocycles. The minimum absolute atomic E-state index is 0.557. The van der Waals surface area contributed by atoms with Gasteiger partial charge in [0.15, 0.2) is 0 Å². The van der Waals surface area contributed by atoms with Crippen LogP contribution >= 0.6 is 15.9 Å². The maximum Gasteiger partial charge on any atom is 0.136 e. The molecule has 0 fully saturated rings. The Labute approximate surface area is 113 Å². The zero-order valence-corrected chi connectivity index (χ0v) is 12.7. The van der Waals surface area contributed by atoms with Gasteiger partial charge in [-0.25, -0.2) is 0 Å². The highest BCUT2D eigenvalue weighted by Crippen LogP contribution is 2.29. The first-order valence-corrected chi connectivity index (χ1v) is 6.96. The number of benzene rings is 1. The molecule has 0 saturated heterocycles. The fourth-order valence-corrected chi connectivity index (χ4v) is 2.48. The molecule has 0 spiro atoms. The van der Waals surface area contributed by atoms with Gasteiger partial charge in [0.25, 0.3) is 0 Å². The number of ether oxygens (including phenoxy) is 1. The summed E-state index contributed by atoms with van der Waals surface area (Å²) in [5.41, 5.74) is 2.43. The van der Waals surface area contributed by atoms with Crippen molar-refractivity contribution in [1.29, 1.82) is 0 Å². The van der Waals surface area contributed by atoms with E-state index < -0.39 is 0 Å². The van der Waals surface area contributed by atoms with E-state index in [4.69, 9.17) is 4.74 Å². The summed E-state index contributed by atoms with van der Waals surface area (Å²) in [4.78, 5) is 0. The van der Waals surface area contributed by atoms with Gasteiger partial charge >= 0.3 is 0 Å². The number of aryl methyl sites for hydroxylation is 2. The summed E-state index contributed by atoms with van der Waals surface area (Å²) in [7, 11) is 0. The molecular weight excluding hydrogens is 278 g/mol. The molecule has 0 saturated carbocycles. The van der Waals surface area contributed by atoms with Gasteiger partial charge in [-0.3, -0.25) is 0 Å². The van der Waals surface area contributed by atoms with Crippen LogP contribution in [-0.2, 0) is 0 Å². The van der Waals surface area contributed by atoms with Crippen molar-refractivity contribution in [3.05, 3.63) is 27.7 Å². The summed E-state index contributed by atoms with van der Waals surface area (Å²) in [6.07, 6.45) is 1.15. The molecule has 0 aliphatic carbocycles. The van der Waals surface area contributed by atoms with Crippen LogP contribution in [0.2, 0.25) is 0 Å². The maximum absolute atomic E-state index is 5.81. The Balaban J connectivity index is 2.47. The van der Waals surface area contributed by atoms with Gasteiger partial charge in [-0.05, 0) is 60.3 Å². The Morgan fingerprint density at radius 1 is 1.35 bits per heavy atom. The first kappa shape index (κ1) is 14.5. The second kappa shape index (κ2) is 7.02. The quantitative estimate of drug-likeness (QED) is 0.806. The van der Waals surface area contributed by atoms with Crippen molar-refractivity contribution in [2.75, 3.05) is 13.2 Å². The van der Waals surface area contributed by atoms with Gasteiger partial charge in [0.05, 0.1) is 4.47 Å². The third-order valence-corrected chi connectivity index (χ3v) is 3.42. The number of hydrogen-bond acceptors (Lipinski definition) is 2. The van der Waals surface area contributed by atoms with E-state index in [1.165, 1.54) is 11.1 Å². The van der Waals surface area contributed by atoms with Crippen LogP contribution < -0.4 is 10.1 Å². The molecule has 3 heteroatoms. The van der Waals surface area contributed by atoms with Crippen LogP contribution in [0.5, 0.6) is 5.75 Å². The summed E-state index contributed by atoms with van der Waals surface area (Å²) in [6, 6.07) is 4.79. The third kappa shape index (κ3) is 4.68. The largest absolute Gasteiger partial charge is 0.491 e. The number of halogens is 1. The monoisotopic (exact) mass is 299 g/mol. The zero-order valence-electron chi connectivity index (χ0n) is 11.1. The van der Waals surface area contributed by atoms with E-state index in [0.717, 1.165) is 23.2 Å². The molecule has 1 aromatic carbocycles. The van der Waals surface area contributed by atoms with Crippen LogP contribution in [0.1, 0.15) is 31.4 Å². The highest BCUT2D eigenvalue weighted by Gasteiger charge is 2.06. The smallest absolute Gasteiger partial charge is 0.136 e. The Kier molecular flexibility index (Phi) is 6.00. The molecule has 0 aliphatic rings. The second-order valence-electron chi connectivity index (χ2n) is 4.50. The predicted octanol–water partition coefficient (Wildman–Crippen LogP) is 3.83. The SMILES string of the molecule is CCC(C)NCCOc1c(C)cc(C)cc1Br. The van der Waals surface area contributed by atoms with Crippen molar-refractivity contribution in [3.8, 4) is 5.75 Å². The van der Waals surface area contributed by atoms with Crippen LogP contribution in [0.4, 0.5) is 0 Å². The van der Waals surface area contributed by atoms with Crippen molar-refractivity contribution in [2.45, 2.75) is 40.2 Å². The van der Waals surface area contributed by atoms with E-state index in [1.54, 1.807) is 0 Å². The molecule has 1 unspecified atom stereocenters. The van der Waals surface area contributed by atoms with Gasteiger partial charge in [0.1, 0.15) is 12.4 Å². The Morgan fingerprint density at radius 3 is 2.65 bits per heavy atom. The predicted molar refractivity (Wildman–Crippen MR) is 76.9 cm³/mol. The lowest BCUT2D eigenvalue weighted by atomic mass is 10.1. The van der Waals surface area contributed by atoms with Gasteiger partial charge < -0.3 is 10.1 Å². The average Bonchev–Trinajstić information content (AvgIpc) is 2.26. The van der Waals surface area contributed by atoms with Gasteiger partial charge in [-0.1, -0.05) is 13.0 Å². The molecule has 0 heterocycles. The van der Waals surface area contributed by atoms with Crippen LogP contribution in [-0.4, -0.2) is 19.2 Å². The molecule has 96 valence electrons. The topological polar surface area (TPSA) is 21.3 Å². The first-order chi connectivity index (χ1) is 8.04. The van der Waals surface area contributed by atoms with E-state index in [9.17, 15) is 0 Å². The normalized spacial score (nSPS) is 12.5. The molecule has 0 radical (unpaired) electrons. The average molecular weight is 300 g/mol. The lowest BCUT2D eigenvalue weighted by Crippen LogP contribution is -2.29. The van der Waals surface area contributed by atoms with Crippen molar-refractivity contribution >= 4 is 15.9 Å². The minimum Gasteiger partial charge on any atom is -0.491 e. The van der Waals surface area contributed by atoms with Gasteiger partial charge in [0.2, 0.25) is 0 Å². The zero-order chi connectivity index (χ0) is 12.8. The maximum atomic E-state index is 5.81. The highest BCUT2D eigenvalue weighted by atomic mass is 79.9. The number of nitrogens with one attached hydrogen (secondary N) is 1. The van der Waals surface area contributed by atoms with E-state index in [1.807, 2.05) is 0 Å². The molecule has 0 aromatic heterocycles.